The van der Waals surface area contributed by atoms with Crippen LogP contribution in [0.5, 0.6) is 5.75 Å². The van der Waals surface area contributed by atoms with Gasteiger partial charge in [-0.2, -0.15) is 12.6 Å². The van der Waals surface area contributed by atoms with Crippen LogP contribution in [0.2, 0.25) is 0 Å². The van der Waals surface area contributed by atoms with E-state index >= 15 is 0 Å². The lowest BCUT2D eigenvalue weighted by Gasteiger charge is -2.31. The van der Waals surface area contributed by atoms with Crippen LogP contribution in [0.3, 0.4) is 0 Å². The highest BCUT2D eigenvalue weighted by atomic mass is 32.1. The minimum atomic E-state index is -1.16. The second kappa shape index (κ2) is 6.00. The molecule has 22 heavy (non-hydrogen) atoms. The molecular weight excluding hydrogens is 306 g/mol. The standard InChI is InChI=1S/C15H17NO5S/c1-15(2)6-11(17)9-5-8(3-4-12(9)21-15)13(18)16-10(7-22)14(19)20/h3-5,10,22H,6-7H2,1-2H3,(H,16,18)(H,19,20). The van der Waals surface area contributed by atoms with Crippen molar-refractivity contribution in [1.29, 1.82) is 0 Å². The van der Waals surface area contributed by atoms with Crippen LogP contribution in [0.25, 0.3) is 0 Å². The number of nitrogens with one attached hydrogen (secondary N) is 1. The number of rotatable bonds is 4. The van der Waals surface area contributed by atoms with Crippen molar-refractivity contribution >= 4 is 30.3 Å². The second-order valence-corrected chi connectivity index (χ2v) is 6.08. The SMILES string of the molecule is CC1(C)CC(=O)c2cc(C(=O)NC(CS)C(=O)O)ccc2O1. The van der Waals surface area contributed by atoms with E-state index in [1.165, 1.54) is 12.1 Å². The maximum absolute atomic E-state index is 12.1. The summed E-state index contributed by atoms with van der Waals surface area (Å²) < 4.78 is 5.71. The largest absolute Gasteiger partial charge is 0.487 e. The van der Waals surface area contributed by atoms with Crippen molar-refractivity contribution in [1.82, 2.24) is 5.32 Å². The summed E-state index contributed by atoms with van der Waals surface area (Å²) in [5.41, 5.74) is -0.0259. The molecule has 1 heterocycles. The van der Waals surface area contributed by atoms with E-state index in [1.807, 2.05) is 13.8 Å². The molecule has 0 aromatic heterocycles. The van der Waals surface area contributed by atoms with Crippen molar-refractivity contribution in [3.63, 3.8) is 0 Å². The Morgan fingerprint density at radius 2 is 2.14 bits per heavy atom. The number of amides is 1. The number of Topliss-reactive ketones (excluding diaryl/α,β-unsaturated/α-hetero) is 1. The Balaban J connectivity index is 2.25. The van der Waals surface area contributed by atoms with Gasteiger partial charge in [0.25, 0.3) is 5.91 Å². The van der Waals surface area contributed by atoms with E-state index in [-0.39, 0.29) is 23.5 Å². The molecular formula is C15H17NO5S. The van der Waals surface area contributed by atoms with Gasteiger partial charge in [-0.25, -0.2) is 4.79 Å². The lowest BCUT2D eigenvalue weighted by Crippen LogP contribution is -2.42. The molecule has 1 atom stereocenters. The molecule has 2 rings (SSSR count). The summed E-state index contributed by atoms with van der Waals surface area (Å²) in [6.07, 6.45) is 0.222. The molecule has 0 spiro atoms. The maximum Gasteiger partial charge on any atom is 0.327 e. The van der Waals surface area contributed by atoms with Gasteiger partial charge in [-0.1, -0.05) is 0 Å². The summed E-state index contributed by atoms with van der Waals surface area (Å²) in [7, 11) is 0. The first-order valence-electron chi connectivity index (χ1n) is 6.74. The molecule has 0 fully saturated rings. The molecule has 0 bridgehead atoms. The van der Waals surface area contributed by atoms with Crippen LogP contribution in [-0.4, -0.2) is 40.2 Å². The number of aliphatic carboxylic acids is 1. The van der Waals surface area contributed by atoms with Crippen molar-refractivity contribution in [2.24, 2.45) is 0 Å². The van der Waals surface area contributed by atoms with Gasteiger partial charge in [-0.05, 0) is 32.0 Å². The fourth-order valence-corrected chi connectivity index (χ4v) is 2.47. The van der Waals surface area contributed by atoms with Crippen molar-refractivity contribution in [2.75, 3.05) is 5.75 Å². The van der Waals surface area contributed by atoms with Gasteiger partial charge < -0.3 is 15.2 Å². The molecule has 0 saturated carbocycles. The summed E-state index contributed by atoms with van der Waals surface area (Å²) in [6.45, 7) is 3.64. The van der Waals surface area contributed by atoms with Gasteiger partial charge in [-0.15, -0.1) is 0 Å². The summed E-state index contributed by atoms with van der Waals surface area (Å²) in [6, 6.07) is 3.40. The van der Waals surface area contributed by atoms with Crippen LogP contribution in [-0.2, 0) is 4.79 Å². The lowest BCUT2D eigenvalue weighted by molar-refractivity contribution is -0.138. The predicted molar refractivity (Wildman–Crippen MR) is 82.8 cm³/mol. The average Bonchev–Trinajstić information content (AvgIpc) is 2.42. The highest BCUT2D eigenvalue weighted by molar-refractivity contribution is 7.80. The molecule has 6 nitrogen and oxygen atoms in total. The number of ketones is 1. The molecule has 1 unspecified atom stereocenters. The highest BCUT2D eigenvalue weighted by Gasteiger charge is 2.33. The molecule has 1 amide bonds. The Kier molecular flexibility index (Phi) is 4.46. The predicted octanol–water partition coefficient (Wildman–Crippen LogP) is 1.54. The first-order valence-corrected chi connectivity index (χ1v) is 7.37. The number of carbonyl (C=O) groups excluding carboxylic acids is 2. The van der Waals surface area contributed by atoms with Gasteiger partial charge >= 0.3 is 5.97 Å². The van der Waals surface area contributed by atoms with E-state index in [0.29, 0.717) is 11.3 Å². The van der Waals surface area contributed by atoms with Gasteiger partial charge in [0.2, 0.25) is 0 Å². The second-order valence-electron chi connectivity index (χ2n) is 5.72. The number of thiol groups is 1. The Morgan fingerprint density at radius 1 is 1.45 bits per heavy atom. The molecule has 0 saturated heterocycles. The summed E-state index contributed by atoms with van der Waals surface area (Å²) in [5.74, 6) is -1.43. The van der Waals surface area contributed by atoms with Crippen molar-refractivity contribution in [3.8, 4) is 5.75 Å². The van der Waals surface area contributed by atoms with Gasteiger partial charge in [0.1, 0.15) is 17.4 Å². The Morgan fingerprint density at radius 3 is 2.73 bits per heavy atom. The molecule has 2 N–H and O–H groups in total. The Labute approximate surface area is 133 Å². The molecule has 0 aliphatic carbocycles. The highest BCUT2D eigenvalue weighted by Crippen LogP contribution is 2.33. The van der Waals surface area contributed by atoms with E-state index in [0.717, 1.165) is 0 Å². The van der Waals surface area contributed by atoms with E-state index in [2.05, 4.69) is 17.9 Å². The zero-order chi connectivity index (χ0) is 16.5. The number of benzene rings is 1. The molecule has 118 valence electrons. The van der Waals surface area contributed by atoms with Crippen molar-refractivity contribution in [2.45, 2.75) is 31.9 Å². The third-order valence-corrected chi connectivity index (χ3v) is 3.67. The van der Waals surface area contributed by atoms with Gasteiger partial charge in [0.05, 0.1) is 12.0 Å². The van der Waals surface area contributed by atoms with Crippen LogP contribution in [0.1, 0.15) is 41.0 Å². The van der Waals surface area contributed by atoms with Crippen molar-refractivity contribution < 1.29 is 24.2 Å². The van der Waals surface area contributed by atoms with Crippen LogP contribution >= 0.6 is 12.6 Å². The number of ether oxygens (including phenoxy) is 1. The third kappa shape index (κ3) is 3.41. The fourth-order valence-electron chi connectivity index (χ4n) is 2.22. The van der Waals surface area contributed by atoms with Crippen LogP contribution in [0.4, 0.5) is 0 Å². The first kappa shape index (κ1) is 16.4. The topological polar surface area (TPSA) is 92.7 Å². The van der Waals surface area contributed by atoms with Crippen LogP contribution in [0.15, 0.2) is 18.2 Å². The molecule has 7 heteroatoms. The Bertz CT molecular complexity index is 641. The fraction of sp³-hybridized carbons (Fsp3) is 0.400. The van der Waals surface area contributed by atoms with Crippen molar-refractivity contribution in [3.05, 3.63) is 29.3 Å². The monoisotopic (exact) mass is 323 g/mol. The lowest BCUT2D eigenvalue weighted by atomic mass is 9.92. The van der Waals surface area contributed by atoms with Crippen LogP contribution < -0.4 is 10.1 Å². The normalized spacial score (nSPS) is 17.1. The number of carbonyl (C=O) groups is 3. The van der Waals surface area contributed by atoms with Gasteiger partial charge in [0, 0.05) is 11.3 Å². The molecule has 1 aromatic carbocycles. The number of fused-ring (bicyclic) bond motifs is 1. The first-order chi connectivity index (χ1) is 10.2. The Hall–Kier alpha value is -2.02. The van der Waals surface area contributed by atoms with E-state index < -0.39 is 23.5 Å². The minimum Gasteiger partial charge on any atom is -0.487 e. The van der Waals surface area contributed by atoms with Gasteiger partial charge in [-0.3, -0.25) is 9.59 Å². The zero-order valence-electron chi connectivity index (χ0n) is 12.3. The summed E-state index contributed by atoms with van der Waals surface area (Å²) in [5, 5.41) is 11.3. The number of carboxylic acids is 1. The molecule has 1 aliphatic rings. The minimum absolute atomic E-state index is 0.0256. The molecule has 1 aromatic rings. The quantitative estimate of drug-likeness (QED) is 0.731. The summed E-state index contributed by atoms with van der Waals surface area (Å²) >= 11 is 3.88. The smallest absolute Gasteiger partial charge is 0.327 e. The number of carboxylic acid groups (broad SMARTS) is 1. The van der Waals surface area contributed by atoms with Crippen LogP contribution in [0, 0.1) is 0 Å². The summed E-state index contributed by atoms with van der Waals surface area (Å²) in [4.78, 5) is 35.1. The molecule has 1 aliphatic heterocycles. The van der Waals surface area contributed by atoms with E-state index in [1.54, 1.807) is 6.07 Å². The van der Waals surface area contributed by atoms with E-state index in [4.69, 9.17) is 9.84 Å². The van der Waals surface area contributed by atoms with Gasteiger partial charge in [0.15, 0.2) is 5.78 Å². The number of hydrogen-bond acceptors (Lipinski definition) is 5. The molecule has 0 radical (unpaired) electrons. The van der Waals surface area contributed by atoms with E-state index in [9.17, 15) is 14.4 Å². The zero-order valence-corrected chi connectivity index (χ0v) is 13.1. The third-order valence-electron chi connectivity index (χ3n) is 3.30. The maximum atomic E-state index is 12.1. The average molecular weight is 323 g/mol. The number of hydrogen-bond donors (Lipinski definition) is 3.